The van der Waals surface area contributed by atoms with Gasteiger partial charge in [0.15, 0.2) is 16.4 Å². The van der Waals surface area contributed by atoms with E-state index >= 15 is 0 Å². The number of hydrogen-bond donors (Lipinski definition) is 0. The van der Waals surface area contributed by atoms with Crippen LogP contribution in [0.2, 0.25) is 0 Å². The molecule has 4 rings (SSSR count). The molecule has 12 heteroatoms. The fourth-order valence-electron chi connectivity index (χ4n) is 3.51. The lowest BCUT2D eigenvalue weighted by atomic mass is 10.1. The van der Waals surface area contributed by atoms with Crippen LogP contribution >= 0.6 is 0 Å². The third kappa shape index (κ3) is 3.22. The molecule has 0 N–H and O–H groups in total. The van der Waals surface area contributed by atoms with Gasteiger partial charge >= 0.3 is 6.03 Å². The van der Waals surface area contributed by atoms with Crippen molar-refractivity contribution in [3.63, 3.8) is 0 Å². The van der Waals surface area contributed by atoms with Crippen LogP contribution in [0.4, 0.5) is 4.79 Å². The molecule has 29 heavy (non-hydrogen) atoms. The second kappa shape index (κ2) is 6.79. The van der Waals surface area contributed by atoms with Crippen molar-refractivity contribution >= 4 is 39.9 Å². The van der Waals surface area contributed by atoms with Gasteiger partial charge in [0, 0.05) is 27.2 Å². The Labute approximate surface area is 166 Å². The number of fused-ring (bicyclic) bond motifs is 1. The van der Waals surface area contributed by atoms with Gasteiger partial charge in [0.05, 0.1) is 11.5 Å². The van der Waals surface area contributed by atoms with Crippen molar-refractivity contribution < 1.29 is 31.8 Å². The molecule has 2 saturated heterocycles. The average molecular weight is 422 g/mol. The van der Waals surface area contributed by atoms with Gasteiger partial charge in [-0.3, -0.25) is 19.4 Å². The Morgan fingerprint density at radius 3 is 2.66 bits per heavy atom. The van der Waals surface area contributed by atoms with Crippen LogP contribution < -0.4 is 0 Å². The summed E-state index contributed by atoms with van der Waals surface area (Å²) in [6.07, 6.45) is 2.78. The number of carbonyl (C=O) groups excluding carboxylic acids is 3. The number of likely N-dealkylation sites (tertiary alicyclic amines) is 1. The lowest BCUT2D eigenvalue weighted by molar-refractivity contribution is -0.520. The van der Waals surface area contributed by atoms with Crippen molar-refractivity contribution in [1.29, 1.82) is 0 Å². The number of amides is 4. The second-order valence-electron chi connectivity index (χ2n) is 7.22. The highest BCUT2D eigenvalue weighted by molar-refractivity contribution is 7.91. The molecule has 1 atom stereocenters. The molecule has 1 unspecified atom stereocenters. The molecule has 3 aliphatic heterocycles. The fourth-order valence-corrected chi connectivity index (χ4v) is 5.12. The zero-order valence-electron chi connectivity index (χ0n) is 15.9. The highest BCUT2D eigenvalue weighted by Gasteiger charge is 2.51. The maximum Gasteiger partial charge on any atom is 0.333 e. The van der Waals surface area contributed by atoms with Gasteiger partial charge in [0.1, 0.15) is 11.5 Å². The zero-order chi connectivity index (χ0) is 20.9. The number of nitrogens with zero attached hydrogens (tertiary/aromatic N) is 5. The zero-order valence-corrected chi connectivity index (χ0v) is 16.7. The number of rotatable bonds is 5. The van der Waals surface area contributed by atoms with Crippen LogP contribution in [0, 0.1) is 0 Å². The first-order valence-corrected chi connectivity index (χ1v) is 10.6. The van der Waals surface area contributed by atoms with Crippen LogP contribution in [0.25, 0.3) is 0 Å². The highest BCUT2D eigenvalue weighted by Crippen LogP contribution is 2.22. The van der Waals surface area contributed by atoms with Crippen molar-refractivity contribution in [2.24, 2.45) is 4.99 Å². The number of amidine groups is 1. The number of likely N-dealkylation sites (N-methyl/N-ethyl adjacent to an activating group) is 2. The van der Waals surface area contributed by atoms with Gasteiger partial charge in [0.2, 0.25) is 0 Å². The van der Waals surface area contributed by atoms with Gasteiger partial charge in [-0.15, -0.1) is 0 Å². The molecule has 3 aliphatic rings. The number of urea groups is 1. The number of hydrogen-bond acceptors (Lipinski definition) is 7. The van der Waals surface area contributed by atoms with Crippen molar-refractivity contribution in [1.82, 2.24) is 14.7 Å². The van der Waals surface area contributed by atoms with E-state index in [2.05, 4.69) is 4.99 Å². The maximum atomic E-state index is 12.6. The number of imide groups is 1. The third-order valence-electron chi connectivity index (χ3n) is 5.35. The Bertz CT molecular complexity index is 1040. The summed E-state index contributed by atoms with van der Waals surface area (Å²) in [6.45, 7) is 0.0604. The summed E-state index contributed by atoms with van der Waals surface area (Å²) in [5, 5.41) is -0.642. The summed E-state index contributed by atoms with van der Waals surface area (Å²) in [5.41, 5.74) is 0. The number of aliphatic imine (C=N–C) groups is 1. The molecule has 0 spiro atoms. The van der Waals surface area contributed by atoms with Gasteiger partial charge in [-0.05, 0) is 17.1 Å². The van der Waals surface area contributed by atoms with Crippen LogP contribution in [-0.2, 0) is 25.2 Å². The first kappa shape index (κ1) is 19.3. The second-order valence-corrected chi connectivity index (χ2v) is 9.50. The van der Waals surface area contributed by atoms with Gasteiger partial charge in [-0.25, -0.2) is 17.8 Å². The fraction of sp³-hybridized carbons (Fsp3) is 0.471. The Morgan fingerprint density at radius 2 is 2.00 bits per heavy atom. The number of furan rings is 1. The normalized spacial score (nSPS) is 22.4. The minimum Gasteiger partial charge on any atom is -0.468 e. The van der Waals surface area contributed by atoms with Gasteiger partial charge < -0.3 is 9.32 Å². The molecule has 0 saturated carbocycles. The standard InChI is InChI=1S/C17H20N5O6S/c1-19-15-14(16(24)20(2)17(19)25)22(10-18-15)8-13(23)21-6-12(7-21)29(26,27)9-11-4-3-5-28-11/h3-5,10,12,14H,6-9H2,1-2H3/q+1. The van der Waals surface area contributed by atoms with E-state index in [1.54, 1.807) is 12.1 Å². The smallest absolute Gasteiger partial charge is 0.333 e. The molecule has 0 bridgehead atoms. The van der Waals surface area contributed by atoms with E-state index in [-0.39, 0.29) is 37.1 Å². The Balaban J connectivity index is 1.36. The molecule has 1 aromatic rings. The van der Waals surface area contributed by atoms with Gasteiger partial charge in [-0.1, -0.05) is 0 Å². The molecule has 11 nitrogen and oxygen atoms in total. The summed E-state index contributed by atoms with van der Waals surface area (Å²) >= 11 is 0. The van der Waals surface area contributed by atoms with Crippen LogP contribution in [0.5, 0.6) is 0 Å². The van der Waals surface area contributed by atoms with E-state index in [1.165, 1.54) is 41.1 Å². The van der Waals surface area contributed by atoms with E-state index < -0.39 is 33.1 Å². The van der Waals surface area contributed by atoms with Crippen molar-refractivity contribution in [3.05, 3.63) is 24.2 Å². The van der Waals surface area contributed by atoms with Crippen LogP contribution in [0.15, 0.2) is 27.8 Å². The molecule has 0 aliphatic carbocycles. The van der Waals surface area contributed by atoms with Gasteiger partial charge in [-0.2, -0.15) is 0 Å². The quantitative estimate of drug-likeness (QED) is 0.546. The molecule has 0 radical (unpaired) electrons. The molecular weight excluding hydrogens is 402 g/mol. The SMILES string of the molecule is CN1C(=O)C2C(=NC=[N+]2CC(=O)N2CC(S(=O)(=O)Cc3ccco3)C2)N(C)C1=O. The predicted molar refractivity (Wildman–Crippen MR) is 100 cm³/mol. The number of sulfone groups is 1. The molecule has 154 valence electrons. The van der Waals surface area contributed by atoms with Crippen molar-refractivity contribution in [2.75, 3.05) is 33.7 Å². The van der Waals surface area contributed by atoms with Crippen LogP contribution in [-0.4, -0.2) is 103 Å². The first-order valence-electron chi connectivity index (χ1n) is 8.93. The van der Waals surface area contributed by atoms with Crippen molar-refractivity contribution in [2.45, 2.75) is 17.0 Å². The highest BCUT2D eigenvalue weighted by atomic mass is 32.2. The third-order valence-corrected chi connectivity index (χ3v) is 7.35. The first-order chi connectivity index (χ1) is 13.7. The molecule has 0 aromatic carbocycles. The summed E-state index contributed by atoms with van der Waals surface area (Å²) < 4.78 is 31.4. The molecule has 2 fully saturated rings. The van der Waals surface area contributed by atoms with E-state index in [4.69, 9.17) is 4.42 Å². The lowest BCUT2D eigenvalue weighted by Crippen LogP contribution is -2.63. The topological polar surface area (TPSA) is 124 Å². The molecule has 4 amide bonds. The van der Waals surface area contributed by atoms with E-state index in [0.29, 0.717) is 5.76 Å². The molecule has 1 aromatic heterocycles. The maximum absolute atomic E-state index is 12.6. The summed E-state index contributed by atoms with van der Waals surface area (Å²) in [6, 6.07) is 1.89. The molecular formula is C17H20N5O6S+. The minimum atomic E-state index is -3.43. The largest absolute Gasteiger partial charge is 0.468 e. The minimum absolute atomic E-state index is 0.0976. The van der Waals surface area contributed by atoms with E-state index in [0.717, 1.165) is 4.90 Å². The Hall–Kier alpha value is -3.02. The van der Waals surface area contributed by atoms with Crippen molar-refractivity contribution in [3.8, 4) is 0 Å². The summed E-state index contributed by atoms with van der Waals surface area (Å²) in [7, 11) is -0.536. The number of carbonyl (C=O) groups is 3. The van der Waals surface area contributed by atoms with Crippen LogP contribution in [0.1, 0.15) is 5.76 Å². The predicted octanol–water partition coefficient (Wildman–Crippen LogP) is -1.25. The Morgan fingerprint density at radius 1 is 1.28 bits per heavy atom. The molecule has 4 heterocycles. The monoisotopic (exact) mass is 422 g/mol. The Kier molecular flexibility index (Phi) is 4.52. The van der Waals surface area contributed by atoms with Gasteiger partial charge in [0.25, 0.3) is 30.0 Å². The van der Waals surface area contributed by atoms with E-state index in [1.807, 2.05) is 0 Å². The summed E-state index contributed by atoms with van der Waals surface area (Å²) in [5.74, 6) is -0.334. The lowest BCUT2D eigenvalue weighted by Gasteiger charge is -2.38. The summed E-state index contributed by atoms with van der Waals surface area (Å²) in [4.78, 5) is 44.8. The average Bonchev–Trinajstić information content (AvgIpc) is 3.26. The van der Waals surface area contributed by atoms with Crippen LogP contribution in [0.3, 0.4) is 0 Å². The van der Waals surface area contributed by atoms with E-state index in [9.17, 15) is 22.8 Å².